The van der Waals surface area contributed by atoms with E-state index >= 15 is 0 Å². The zero-order chi connectivity index (χ0) is 7.44. The van der Waals surface area contributed by atoms with Crippen molar-refractivity contribution in [2.45, 2.75) is 26.1 Å². The molecule has 0 aliphatic heterocycles. The summed E-state index contributed by atoms with van der Waals surface area (Å²) in [6.07, 6.45) is 0.850. The highest BCUT2D eigenvalue weighted by molar-refractivity contribution is 7.38. The molecule has 0 aromatic heterocycles. The van der Waals surface area contributed by atoms with Crippen LogP contribution in [0.1, 0.15) is 20.3 Å². The summed E-state index contributed by atoms with van der Waals surface area (Å²) in [6, 6.07) is 0. The van der Waals surface area contributed by atoms with Crippen LogP contribution in [0.2, 0.25) is 0 Å². The Morgan fingerprint density at radius 2 is 2.22 bits per heavy atom. The molecule has 54 valence electrons. The fourth-order valence-corrected chi connectivity index (χ4v) is 1.11. The van der Waals surface area contributed by atoms with Crippen LogP contribution in [0, 0.1) is 5.92 Å². The third kappa shape index (κ3) is 2.89. The summed E-state index contributed by atoms with van der Waals surface area (Å²) in [4.78, 5) is 8.51. The standard InChI is InChI=1S/C5H12NO2P/c1-3-4(2)5(6)9(7)8/h4-5H,3,6H2,1-2H3/p+1. The lowest BCUT2D eigenvalue weighted by Crippen LogP contribution is -2.23. The van der Waals surface area contributed by atoms with Gasteiger partial charge in [-0.05, 0) is 11.0 Å². The maximum atomic E-state index is 10.3. The summed E-state index contributed by atoms with van der Waals surface area (Å²) >= 11 is 0. The fourth-order valence-electron chi connectivity index (χ4n) is 0.459. The summed E-state index contributed by atoms with van der Waals surface area (Å²) in [5.74, 6) is -0.413. The summed E-state index contributed by atoms with van der Waals surface area (Å²) in [5.41, 5.74) is 5.34. The summed E-state index contributed by atoms with van der Waals surface area (Å²) in [6.45, 7) is 3.82. The normalized spacial score (nSPS) is 18.9. The fraction of sp³-hybridized carbons (Fsp3) is 1.00. The van der Waals surface area contributed by atoms with Crippen LogP contribution < -0.4 is 5.73 Å². The Morgan fingerprint density at radius 1 is 1.78 bits per heavy atom. The van der Waals surface area contributed by atoms with E-state index in [1.165, 1.54) is 0 Å². The molecule has 0 fully saturated rings. The van der Waals surface area contributed by atoms with Crippen molar-refractivity contribution in [2.75, 3.05) is 0 Å². The van der Waals surface area contributed by atoms with E-state index in [-0.39, 0.29) is 5.92 Å². The molecule has 9 heavy (non-hydrogen) atoms. The minimum atomic E-state index is -2.18. The summed E-state index contributed by atoms with van der Waals surface area (Å²) < 4.78 is 10.3. The first-order chi connectivity index (χ1) is 4.09. The molecule has 0 heterocycles. The first-order valence-electron chi connectivity index (χ1n) is 3.00. The van der Waals surface area contributed by atoms with Crippen molar-refractivity contribution >= 4 is 8.03 Å². The molecule has 0 amide bonds. The van der Waals surface area contributed by atoms with Gasteiger partial charge in [0.1, 0.15) is 0 Å². The van der Waals surface area contributed by atoms with E-state index in [2.05, 4.69) is 0 Å². The largest absolute Gasteiger partial charge is 0.524 e. The van der Waals surface area contributed by atoms with E-state index in [0.717, 1.165) is 6.42 Å². The minimum Gasteiger partial charge on any atom is -0.285 e. The molecule has 0 rings (SSSR count). The molecule has 3 atom stereocenters. The van der Waals surface area contributed by atoms with E-state index in [0.29, 0.717) is 0 Å². The second-order valence-corrected chi connectivity index (χ2v) is 3.38. The predicted octanol–water partition coefficient (Wildman–Crippen LogP) is 1.05. The van der Waals surface area contributed by atoms with Gasteiger partial charge >= 0.3 is 8.03 Å². The SMILES string of the molecule is CCC(C)C(N)[P+](=O)O. The Labute approximate surface area is 56.1 Å². The second kappa shape index (κ2) is 3.94. The predicted molar refractivity (Wildman–Crippen MR) is 37.3 cm³/mol. The maximum absolute atomic E-state index is 10.3. The molecule has 3 nitrogen and oxygen atoms in total. The molecule has 0 spiro atoms. The van der Waals surface area contributed by atoms with E-state index in [4.69, 9.17) is 10.6 Å². The molecular formula is C5H13NO2P+. The van der Waals surface area contributed by atoms with E-state index < -0.39 is 13.8 Å². The van der Waals surface area contributed by atoms with Crippen LogP contribution in [0.3, 0.4) is 0 Å². The van der Waals surface area contributed by atoms with E-state index in [1.807, 2.05) is 13.8 Å². The van der Waals surface area contributed by atoms with Gasteiger partial charge in [-0.25, -0.2) is 0 Å². The van der Waals surface area contributed by atoms with Crippen LogP contribution in [0.4, 0.5) is 0 Å². The quantitative estimate of drug-likeness (QED) is 0.591. The smallest absolute Gasteiger partial charge is 0.285 e. The summed E-state index contributed by atoms with van der Waals surface area (Å²) in [5, 5.41) is 0. The zero-order valence-corrected chi connectivity index (χ0v) is 6.64. The van der Waals surface area contributed by atoms with Crippen LogP contribution in [0.25, 0.3) is 0 Å². The van der Waals surface area contributed by atoms with Gasteiger partial charge in [0.2, 0.25) is 5.78 Å². The summed E-state index contributed by atoms with van der Waals surface area (Å²) in [7, 11) is -2.18. The van der Waals surface area contributed by atoms with Gasteiger partial charge in [0.25, 0.3) is 0 Å². The van der Waals surface area contributed by atoms with Crippen molar-refractivity contribution in [3.8, 4) is 0 Å². The van der Waals surface area contributed by atoms with Crippen LogP contribution in [-0.4, -0.2) is 10.7 Å². The van der Waals surface area contributed by atoms with Gasteiger partial charge in [-0.1, -0.05) is 13.8 Å². The average Bonchev–Trinajstić information content (AvgIpc) is 1.84. The molecule has 0 radical (unpaired) electrons. The van der Waals surface area contributed by atoms with Gasteiger partial charge in [-0.3, -0.25) is 5.73 Å². The molecular weight excluding hydrogens is 137 g/mol. The number of hydrogen-bond acceptors (Lipinski definition) is 2. The molecule has 0 aliphatic carbocycles. The van der Waals surface area contributed by atoms with E-state index in [1.54, 1.807) is 0 Å². The molecule has 0 aromatic carbocycles. The van der Waals surface area contributed by atoms with Crippen molar-refractivity contribution in [3.63, 3.8) is 0 Å². The Hall–Kier alpha value is 0.0200. The van der Waals surface area contributed by atoms with Crippen LogP contribution in [0.5, 0.6) is 0 Å². The van der Waals surface area contributed by atoms with Crippen molar-refractivity contribution < 1.29 is 9.46 Å². The third-order valence-corrected chi connectivity index (χ3v) is 2.50. The molecule has 0 aliphatic rings. The number of nitrogens with two attached hydrogens (primary N) is 1. The van der Waals surface area contributed by atoms with Crippen molar-refractivity contribution in [2.24, 2.45) is 11.7 Å². The van der Waals surface area contributed by atoms with Gasteiger partial charge in [0, 0.05) is 5.92 Å². The van der Waals surface area contributed by atoms with Gasteiger partial charge in [-0.15, -0.1) is 0 Å². The minimum absolute atomic E-state index is 0.138. The zero-order valence-electron chi connectivity index (χ0n) is 5.74. The molecule has 4 heteroatoms. The lowest BCUT2D eigenvalue weighted by atomic mass is 10.1. The van der Waals surface area contributed by atoms with Crippen LogP contribution in [0.15, 0.2) is 0 Å². The van der Waals surface area contributed by atoms with E-state index in [9.17, 15) is 4.57 Å². The highest BCUT2D eigenvalue weighted by Crippen LogP contribution is 2.25. The first-order valence-corrected chi connectivity index (χ1v) is 4.28. The lowest BCUT2D eigenvalue weighted by molar-refractivity contribution is 0.448. The Bertz CT molecular complexity index is 107. The van der Waals surface area contributed by atoms with Gasteiger partial charge in [0.05, 0.1) is 0 Å². The van der Waals surface area contributed by atoms with Crippen molar-refractivity contribution in [1.82, 2.24) is 0 Å². The Balaban J connectivity index is 3.72. The Morgan fingerprint density at radius 3 is 2.33 bits per heavy atom. The number of hydrogen-bond donors (Lipinski definition) is 2. The molecule has 3 unspecified atom stereocenters. The lowest BCUT2D eigenvalue weighted by Gasteiger charge is -2.04. The molecule has 3 N–H and O–H groups in total. The molecule has 0 bridgehead atoms. The van der Waals surface area contributed by atoms with Gasteiger partial charge in [-0.2, -0.15) is 4.89 Å². The first kappa shape index (κ1) is 9.02. The third-order valence-electron chi connectivity index (χ3n) is 1.48. The van der Waals surface area contributed by atoms with Crippen LogP contribution >= 0.6 is 8.03 Å². The average molecular weight is 150 g/mol. The maximum Gasteiger partial charge on any atom is 0.524 e. The van der Waals surface area contributed by atoms with Crippen LogP contribution in [-0.2, 0) is 4.57 Å². The van der Waals surface area contributed by atoms with Crippen molar-refractivity contribution in [3.05, 3.63) is 0 Å². The molecule has 0 saturated carbocycles. The van der Waals surface area contributed by atoms with Gasteiger partial charge in [0.15, 0.2) is 0 Å². The van der Waals surface area contributed by atoms with Crippen molar-refractivity contribution in [1.29, 1.82) is 0 Å². The topological polar surface area (TPSA) is 63.3 Å². The second-order valence-electron chi connectivity index (χ2n) is 2.18. The number of rotatable bonds is 3. The van der Waals surface area contributed by atoms with Gasteiger partial charge < -0.3 is 0 Å². The highest BCUT2D eigenvalue weighted by Gasteiger charge is 2.28. The molecule has 0 saturated heterocycles. The highest BCUT2D eigenvalue weighted by atomic mass is 31.1. The molecule has 0 aromatic rings. The Kier molecular flexibility index (Phi) is 3.95. The monoisotopic (exact) mass is 150 g/mol.